The number of aromatic nitrogens is 2. The number of carbonyl (C=O) groups excluding carboxylic acids is 1. The highest BCUT2D eigenvalue weighted by atomic mass is 127. The Labute approximate surface area is 250 Å². The van der Waals surface area contributed by atoms with Gasteiger partial charge in [0, 0.05) is 20.6 Å². The van der Waals surface area contributed by atoms with Gasteiger partial charge < -0.3 is 14.0 Å². The van der Waals surface area contributed by atoms with E-state index in [0.29, 0.717) is 26.4 Å². The molecule has 40 heavy (non-hydrogen) atoms. The van der Waals surface area contributed by atoms with Crippen molar-refractivity contribution in [3.8, 4) is 11.4 Å². The molecule has 1 aliphatic heterocycles. The van der Waals surface area contributed by atoms with Crippen LogP contribution in [0.5, 0.6) is 5.75 Å². The Morgan fingerprint density at radius 1 is 1.10 bits per heavy atom. The van der Waals surface area contributed by atoms with E-state index in [-0.39, 0.29) is 12.2 Å². The Hall–Kier alpha value is -3.44. The highest BCUT2D eigenvalue weighted by Crippen LogP contribution is 2.32. The van der Waals surface area contributed by atoms with Crippen LogP contribution in [0.2, 0.25) is 0 Å². The number of methoxy groups -OCH3 is 1. The first-order chi connectivity index (χ1) is 19.1. The molecule has 0 aliphatic carbocycles. The number of aryl methyl sites for hydroxylation is 2. The zero-order chi connectivity index (χ0) is 28.7. The van der Waals surface area contributed by atoms with Crippen LogP contribution in [0.4, 0.5) is 0 Å². The summed E-state index contributed by atoms with van der Waals surface area (Å²) in [4.78, 5) is 32.3. The number of benzene rings is 2. The van der Waals surface area contributed by atoms with Gasteiger partial charge in [-0.1, -0.05) is 29.5 Å². The molecule has 0 unspecified atom stereocenters. The third-order valence-corrected chi connectivity index (χ3v) is 9.26. The number of allylic oxidation sites excluding steroid dienone is 1. The van der Waals surface area contributed by atoms with Crippen molar-refractivity contribution in [3.63, 3.8) is 0 Å². The molecule has 0 saturated carbocycles. The normalized spacial score (nSPS) is 15.2. The molecular formula is C31H30IN3O4S. The lowest BCUT2D eigenvalue weighted by Crippen LogP contribution is -2.39. The summed E-state index contributed by atoms with van der Waals surface area (Å²) in [6, 6.07) is 15.2. The molecule has 0 bridgehead atoms. The molecule has 1 atom stereocenters. The van der Waals surface area contributed by atoms with Crippen molar-refractivity contribution in [2.45, 2.75) is 40.7 Å². The third-order valence-electron chi connectivity index (χ3n) is 7.12. The lowest BCUT2D eigenvalue weighted by Gasteiger charge is -2.24. The average Bonchev–Trinajstić information content (AvgIpc) is 3.38. The van der Waals surface area contributed by atoms with Crippen LogP contribution in [0.1, 0.15) is 48.0 Å². The van der Waals surface area contributed by atoms with Crippen LogP contribution >= 0.6 is 33.9 Å². The van der Waals surface area contributed by atoms with Gasteiger partial charge >= 0.3 is 5.97 Å². The lowest BCUT2D eigenvalue weighted by molar-refractivity contribution is -0.139. The number of ether oxygens (including phenoxy) is 2. The number of halogens is 1. The van der Waals surface area contributed by atoms with Crippen LogP contribution < -0.4 is 19.6 Å². The Balaban J connectivity index is 1.68. The van der Waals surface area contributed by atoms with Crippen LogP contribution in [0.3, 0.4) is 0 Å². The summed E-state index contributed by atoms with van der Waals surface area (Å²) in [7, 11) is 1.60. The number of thiazole rings is 1. The predicted molar refractivity (Wildman–Crippen MR) is 166 cm³/mol. The standard InChI is InChI=1S/C31H30IN3O4S/c1-7-39-30(37)27-19(4)33-31-35(28(27)21-9-12-24(38-6)13-10-21)29(36)26(40-31)15-22-14-18(3)34(20(22)5)23-11-8-17(2)25(32)16-23/h8-16,28H,7H2,1-6H3/b26-15+/t28-/m0/s1. The Morgan fingerprint density at radius 3 is 2.48 bits per heavy atom. The van der Waals surface area contributed by atoms with Gasteiger partial charge in [-0.2, -0.15) is 0 Å². The molecule has 7 nitrogen and oxygen atoms in total. The van der Waals surface area contributed by atoms with Gasteiger partial charge in [0.15, 0.2) is 4.80 Å². The van der Waals surface area contributed by atoms with E-state index in [1.165, 1.54) is 20.5 Å². The maximum atomic E-state index is 14.0. The van der Waals surface area contributed by atoms with Gasteiger partial charge in [-0.25, -0.2) is 9.79 Å². The zero-order valence-electron chi connectivity index (χ0n) is 23.2. The lowest BCUT2D eigenvalue weighted by atomic mass is 9.96. The van der Waals surface area contributed by atoms with Gasteiger partial charge in [-0.05, 0) is 110 Å². The second-order valence-corrected chi connectivity index (χ2v) is 11.8. The van der Waals surface area contributed by atoms with E-state index >= 15 is 0 Å². The number of carbonyl (C=O) groups is 1. The van der Waals surface area contributed by atoms with Gasteiger partial charge in [0.05, 0.1) is 35.6 Å². The minimum Gasteiger partial charge on any atom is -0.497 e. The number of hydrogen-bond donors (Lipinski definition) is 0. The number of nitrogens with zero attached hydrogens (tertiary/aromatic N) is 3. The fourth-order valence-electron chi connectivity index (χ4n) is 5.09. The summed E-state index contributed by atoms with van der Waals surface area (Å²) in [6.07, 6.45) is 1.93. The smallest absolute Gasteiger partial charge is 0.338 e. The van der Waals surface area contributed by atoms with E-state index in [4.69, 9.17) is 9.47 Å². The molecule has 0 fully saturated rings. The van der Waals surface area contributed by atoms with Gasteiger partial charge in [0.25, 0.3) is 5.56 Å². The fraction of sp³-hybridized carbons (Fsp3) is 0.258. The van der Waals surface area contributed by atoms with Crippen molar-refractivity contribution in [3.05, 3.63) is 111 Å². The molecule has 1 aliphatic rings. The number of hydrogen-bond acceptors (Lipinski definition) is 6. The van der Waals surface area contributed by atoms with E-state index < -0.39 is 12.0 Å². The quantitative estimate of drug-likeness (QED) is 0.211. The number of fused-ring (bicyclic) bond motifs is 1. The van der Waals surface area contributed by atoms with Crippen LogP contribution in [0.15, 0.2) is 69.6 Å². The molecule has 0 amide bonds. The molecule has 0 radical (unpaired) electrons. The van der Waals surface area contributed by atoms with Crippen LogP contribution in [-0.4, -0.2) is 28.8 Å². The summed E-state index contributed by atoms with van der Waals surface area (Å²) >= 11 is 3.68. The van der Waals surface area contributed by atoms with Crippen molar-refractivity contribution >= 4 is 46.0 Å². The molecular weight excluding hydrogens is 637 g/mol. The fourth-order valence-corrected chi connectivity index (χ4v) is 6.62. The molecule has 0 spiro atoms. The molecule has 0 N–H and O–H groups in total. The highest BCUT2D eigenvalue weighted by molar-refractivity contribution is 14.1. The zero-order valence-corrected chi connectivity index (χ0v) is 26.2. The van der Waals surface area contributed by atoms with Crippen LogP contribution in [0.25, 0.3) is 11.8 Å². The van der Waals surface area contributed by atoms with E-state index in [1.807, 2.05) is 30.3 Å². The van der Waals surface area contributed by atoms with Crippen molar-refractivity contribution in [1.29, 1.82) is 0 Å². The molecule has 206 valence electrons. The van der Waals surface area contributed by atoms with Gasteiger partial charge in [-0.3, -0.25) is 9.36 Å². The molecule has 5 rings (SSSR count). The molecule has 2 aromatic heterocycles. The van der Waals surface area contributed by atoms with Gasteiger partial charge in [0.2, 0.25) is 0 Å². The Morgan fingerprint density at radius 2 is 1.82 bits per heavy atom. The first kappa shape index (κ1) is 28.1. The summed E-state index contributed by atoms with van der Waals surface area (Å²) in [5.41, 5.74) is 6.87. The summed E-state index contributed by atoms with van der Waals surface area (Å²) in [5.74, 6) is 0.211. The topological polar surface area (TPSA) is 74.8 Å². The van der Waals surface area contributed by atoms with E-state index in [9.17, 15) is 9.59 Å². The summed E-state index contributed by atoms with van der Waals surface area (Å²) in [6.45, 7) is 10.0. The van der Waals surface area contributed by atoms with Gasteiger partial charge in [-0.15, -0.1) is 0 Å². The minimum absolute atomic E-state index is 0.200. The van der Waals surface area contributed by atoms with E-state index in [0.717, 1.165) is 28.2 Å². The molecule has 3 heterocycles. The first-order valence-corrected chi connectivity index (χ1v) is 14.8. The Bertz CT molecular complexity index is 1840. The summed E-state index contributed by atoms with van der Waals surface area (Å²) < 4.78 is 16.3. The van der Waals surface area contributed by atoms with Crippen LogP contribution in [-0.2, 0) is 9.53 Å². The van der Waals surface area contributed by atoms with Crippen LogP contribution in [0, 0.1) is 24.3 Å². The second kappa shape index (κ2) is 11.2. The van der Waals surface area contributed by atoms with E-state index in [1.54, 1.807) is 25.5 Å². The first-order valence-electron chi connectivity index (χ1n) is 12.9. The molecule has 4 aromatic rings. The maximum absolute atomic E-state index is 14.0. The summed E-state index contributed by atoms with van der Waals surface area (Å²) in [5, 5.41) is 0. The molecule has 9 heteroatoms. The van der Waals surface area contributed by atoms with E-state index in [2.05, 4.69) is 77.2 Å². The molecule has 2 aromatic carbocycles. The maximum Gasteiger partial charge on any atom is 0.338 e. The molecule has 0 saturated heterocycles. The van der Waals surface area contributed by atoms with Crippen molar-refractivity contribution in [2.24, 2.45) is 4.99 Å². The van der Waals surface area contributed by atoms with Crippen molar-refractivity contribution in [2.75, 3.05) is 13.7 Å². The average molecular weight is 668 g/mol. The largest absolute Gasteiger partial charge is 0.497 e. The Kier molecular flexibility index (Phi) is 7.87. The van der Waals surface area contributed by atoms with Crippen molar-refractivity contribution in [1.82, 2.24) is 9.13 Å². The van der Waals surface area contributed by atoms with Gasteiger partial charge in [0.1, 0.15) is 5.75 Å². The number of esters is 1. The second-order valence-electron chi connectivity index (χ2n) is 9.67. The van der Waals surface area contributed by atoms with Crippen molar-refractivity contribution < 1.29 is 14.3 Å². The third kappa shape index (κ3) is 4.96. The minimum atomic E-state index is -0.662. The highest BCUT2D eigenvalue weighted by Gasteiger charge is 2.33. The number of rotatable bonds is 6. The predicted octanol–water partition coefficient (Wildman–Crippen LogP) is 5.13. The SMILES string of the molecule is CCOC(=O)C1=C(C)N=c2s/c(=C/c3cc(C)n(-c4ccc(C)c(I)c4)c3C)c(=O)n2[C@H]1c1ccc(OC)cc1. The monoisotopic (exact) mass is 667 g/mol.